The van der Waals surface area contributed by atoms with Gasteiger partial charge in [0, 0.05) is 24.2 Å². The van der Waals surface area contributed by atoms with Crippen LogP contribution in [-0.2, 0) is 15.8 Å². The third kappa shape index (κ3) is 4.47. The third-order valence-electron chi connectivity index (χ3n) is 4.14. The minimum atomic E-state index is -3.64. The van der Waals surface area contributed by atoms with Crippen molar-refractivity contribution in [3.8, 4) is 11.8 Å². The lowest BCUT2D eigenvalue weighted by Crippen LogP contribution is -2.44. The molecule has 1 aliphatic rings. The number of hydrogen-bond acceptors (Lipinski definition) is 6. The Morgan fingerprint density at radius 3 is 2.62 bits per heavy atom. The Labute approximate surface area is 151 Å². The Balaban J connectivity index is 1.66. The van der Waals surface area contributed by atoms with E-state index < -0.39 is 15.8 Å². The third-order valence-corrected chi connectivity index (χ3v) is 5.94. The molecule has 140 valence electrons. The maximum Gasteiger partial charge on any atom is 0.233 e. The Morgan fingerprint density at radius 2 is 1.92 bits per heavy atom. The highest BCUT2D eigenvalue weighted by Gasteiger charge is 2.30. The molecule has 0 aliphatic carbocycles. The summed E-state index contributed by atoms with van der Waals surface area (Å²) < 4.78 is 51.1. The van der Waals surface area contributed by atoms with Gasteiger partial charge in [0.2, 0.25) is 21.8 Å². The van der Waals surface area contributed by atoms with E-state index in [0.29, 0.717) is 31.1 Å². The molecule has 0 amide bonds. The van der Waals surface area contributed by atoms with E-state index in [1.807, 2.05) is 0 Å². The lowest BCUT2D eigenvalue weighted by Gasteiger charge is -2.31. The molecule has 1 aromatic carbocycles. The van der Waals surface area contributed by atoms with Gasteiger partial charge in [-0.15, -0.1) is 10.2 Å². The molecule has 0 saturated carbocycles. The number of benzene rings is 1. The van der Waals surface area contributed by atoms with Gasteiger partial charge in [0.15, 0.2) is 0 Å². The number of ether oxygens (including phenoxy) is 2. The molecule has 9 heteroatoms. The molecule has 0 bridgehead atoms. The topological polar surface area (TPSA) is 81.6 Å². The molecular formula is C17H20FN3O4S. The molecule has 0 N–H and O–H groups in total. The van der Waals surface area contributed by atoms with Crippen molar-refractivity contribution in [2.75, 3.05) is 20.2 Å². The lowest BCUT2D eigenvalue weighted by molar-refractivity contribution is 0.123. The van der Waals surface area contributed by atoms with E-state index in [2.05, 4.69) is 10.2 Å². The van der Waals surface area contributed by atoms with Crippen molar-refractivity contribution in [1.29, 1.82) is 0 Å². The summed E-state index contributed by atoms with van der Waals surface area (Å²) in [7, 11) is -2.15. The number of sulfonamides is 1. The highest BCUT2D eigenvalue weighted by Crippen LogP contribution is 2.22. The number of rotatable bonds is 6. The van der Waals surface area contributed by atoms with Gasteiger partial charge >= 0.3 is 0 Å². The van der Waals surface area contributed by atoms with Gasteiger partial charge in [0.1, 0.15) is 11.9 Å². The predicted octanol–water partition coefficient (Wildman–Crippen LogP) is 2.00. The molecule has 1 unspecified atom stereocenters. The average Bonchev–Trinajstić information content (AvgIpc) is 2.64. The van der Waals surface area contributed by atoms with Crippen molar-refractivity contribution in [2.24, 2.45) is 0 Å². The predicted molar refractivity (Wildman–Crippen MR) is 92.8 cm³/mol. The summed E-state index contributed by atoms with van der Waals surface area (Å²) in [5, 5.41) is 7.72. The van der Waals surface area contributed by atoms with Gasteiger partial charge in [-0.25, -0.2) is 12.8 Å². The Morgan fingerprint density at radius 1 is 1.19 bits per heavy atom. The molecule has 0 spiro atoms. The summed E-state index contributed by atoms with van der Waals surface area (Å²) in [5.74, 6) is -0.206. The highest BCUT2D eigenvalue weighted by molar-refractivity contribution is 7.88. The number of halogens is 1. The maximum absolute atomic E-state index is 13.8. The summed E-state index contributed by atoms with van der Waals surface area (Å²) in [6, 6.07) is 9.15. The average molecular weight is 381 g/mol. The first-order valence-corrected chi connectivity index (χ1v) is 9.84. The second-order valence-electron chi connectivity index (χ2n) is 6.00. The van der Waals surface area contributed by atoms with Gasteiger partial charge in [0.25, 0.3) is 0 Å². The molecule has 7 nitrogen and oxygen atoms in total. The van der Waals surface area contributed by atoms with Crippen LogP contribution in [-0.4, -0.2) is 49.2 Å². The number of nitrogens with zero attached hydrogens (tertiary/aromatic N) is 3. The van der Waals surface area contributed by atoms with Gasteiger partial charge in [-0.3, -0.25) is 0 Å². The summed E-state index contributed by atoms with van der Waals surface area (Å²) in [5.41, 5.74) is 0.163. The molecule has 1 fully saturated rings. The molecular weight excluding hydrogens is 361 g/mol. The smallest absolute Gasteiger partial charge is 0.233 e. The second-order valence-corrected chi connectivity index (χ2v) is 7.97. The summed E-state index contributed by atoms with van der Waals surface area (Å²) in [6.07, 6.45) is 1.03. The van der Waals surface area contributed by atoms with Gasteiger partial charge in [-0.1, -0.05) is 18.2 Å². The fourth-order valence-electron chi connectivity index (χ4n) is 2.81. The van der Waals surface area contributed by atoms with Crippen LogP contribution in [0.3, 0.4) is 0 Å². The number of hydrogen-bond donors (Lipinski definition) is 0. The van der Waals surface area contributed by atoms with E-state index >= 15 is 0 Å². The highest BCUT2D eigenvalue weighted by atomic mass is 32.2. The fourth-order valence-corrected chi connectivity index (χ4v) is 4.42. The van der Waals surface area contributed by atoms with E-state index in [9.17, 15) is 12.8 Å². The van der Waals surface area contributed by atoms with Crippen molar-refractivity contribution in [3.63, 3.8) is 0 Å². The molecule has 26 heavy (non-hydrogen) atoms. The zero-order chi connectivity index (χ0) is 18.6. The Kier molecular flexibility index (Phi) is 5.67. The maximum atomic E-state index is 13.8. The standard InChI is InChI=1S/C17H20FN3O4S/c1-24-16-8-9-17(20-19-16)25-14-6-4-10-21(11-14)26(22,23)12-13-5-2-3-7-15(13)18/h2-3,5,7-9,14H,4,6,10-12H2,1H3. The summed E-state index contributed by atoms with van der Waals surface area (Å²) >= 11 is 0. The molecule has 1 saturated heterocycles. The van der Waals surface area contributed by atoms with Crippen molar-refractivity contribution in [3.05, 3.63) is 47.8 Å². The molecule has 1 aromatic heterocycles. The van der Waals surface area contributed by atoms with Crippen LogP contribution in [0.4, 0.5) is 4.39 Å². The van der Waals surface area contributed by atoms with Crippen molar-refractivity contribution < 1.29 is 22.3 Å². The van der Waals surface area contributed by atoms with Gasteiger partial charge in [-0.2, -0.15) is 4.31 Å². The van der Waals surface area contributed by atoms with Crippen LogP contribution in [0.1, 0.15) is 18.4 Å². The number of methoxy groups -OCH3 is 1. The molecule has 1 aliphatic heterocycles. The first kappa shape index (κ1) is 18.5. The largest absolute Gasteiger partial charge is 0.480 e. The zero-order valence-electron chi connectivity index (χ0n) is 14.3. The van der Waals surface area contributed by atoms with Crippen LogP contribution < -0.4 is 9.47 Å². The molecule has 3 rings (SSSR count). The zero-order valence-corrected chi connectivity index (χ0v) is 15.2. The molecule has 2 aromatic rings. The Bertz CT molecular complexity index is 845. The van der Waals surface area contributed by atoms with E-state index in [4.69, 9.17) is 9.47 Å². The van der Waals surface area contributed by atoms with E-state index in [-0.39, 0.29) is 24.0 Å². The first-order chi connectivity index (χ1) is 12.5. The minimum Gasteiger partial charge on any atom is -0.480 e. The normalized spacial score (nSPS) is 18.5. The SMILES string of the molecule is COc1ccc(OC2CCCN(S(=O)(=O)Cc3ccccc3F)C2)nn1. The minimum absolute atomic E-state index is 0.163. The van der Waals surface area contributed by atoms with Crippen LogP contribution in [0.2, 0.25) is 0 Å². The van der Waals surface area contributed by atoms with Crippen LogP contribution >= 0.6 is 0 Å². The molecule has 0 radical (unpaired) electrons. The number of piperidine rings is 1. The van der Waals surface area contributed by atoms with Gasteiger partial charge < -0.3 is 9.47 Å². The van der Waals surface area contributed by atoms with Crippen molar-refractivity contribution >= 4 is 10.0 Å². The fraction of sp³-hybridized carbons (Fsp3) is 0.412. The first-order valence-electron chi connectivity index (χ1n) is 8.23. The van der Waals surface area contributed by atoms with Crippen LogP contribution in [0.5, 0.6) is 11.8 Å². The van der Waals surface area contributed by atoms with Crippen molar-refractivity contribution in [2.45, 2.75) is 24.7 Å². The van der Waals surface area contributed by atoms with E-state index in [0.717, 1.165) is 0 Å². The quantitative estimate of drug-likeness (QED) is 0.761. The Hall–Kier alpha value is -2.26. The monoisotopic (exact) mass is 381 g/mol. The molecule has 2 heterocycles. The molecule has 1 atom stereocenters. The number of aromatic nitrogens is 2. The van der Waals surface area contributed by atoms with Crippen LogP contribution in [0.25, 0.3) is 0 Å². The van der Waals surface area contributed by atoms with Gasteiger partial charge in [0.05, 0.1) is 19.4 Å². The van der Waals surface area contributed by atoms with E-state index in [1.54, 1.807) is 18.2 Å². The van der Waals surface area contributed by atoms with Crippen LogP contribution in [0, 0.1) is 5.82 Å². The summed E-state index contributed by atoms with van der Waals surface area (Å²) in [4.78, 5) is 0. The summed E-state index contributed by atoms with van der Waals surface area (Å²) in [6.45, 7) is 0.593. The van der Waals surface area contributed by atoms with Crippen molar-refractivity contribution in [1.82, 2.24) is 14.5 Å². The van der Waals surface area contributed by atoms with Gasteiger partial charge in [-0.05, 0) is 18.9 Å². The second kappa shape index (κ2) is 7.96. The van der Waals surface area contributed by atoms with Crippen LogP contribution in [0.15, 0.2) is 36.4 Å². The lowest BCUT2D eigenvalue weighted by atomic mass is 10.1. The van der Waals surface area contributed by atoms with E-state index in [1.165, 1.54) is 29.6 Å².